The number of hydrogen-bond acceptors (Lipinski definition) is 6. The molecule has 2 amide bonds. The van der Waals surface area contributed by atoms with Gasteiger partial charge in [-0.1, -0.05) is 51.1 Å². The second kappa shape index (κ2) is 9.90. The number of esters is 1. The number of fused-ring (bicyclic) bond motifs is 1. The number of hydrogen-bond donors (Lipinski definition) is 2. The fourth-order valence-corrected chi connectivity index (χ4v) is 6.64. The average molecular weight is 487 g/mol. The number of carbonyl (C=O) groups excluding carboxylic acids is 3. The van der Waals surface area contributed by atoms with Gasteiger partial charge in [0.05, 0.1) is 30.8 Å². The third kappa shape index (κ3) is 4.14. The van der Waals surface area contributed by atoms with E-state index in [2.05, 4.69) is 5.32 Å². The summed E-state index contributed by atoms with van der Waals surface area (Å²) in [5, 5.41) is 13.3. The SMILES string of the molecule is CCOC(=O)[C@H]1[C@H]2C(=O)N([C@@H](CO)CC(C)C)C(C(=O)NCc3ccccc3)C23CC[C@]1(CC)O3. The summed E-state index contributed by atoms with van der Waals surface area (Å²) in [6, 6.07) is 8.11. The maximum absolute atomic E-state index is 14.1. The molecule has 1 aromatic rings. The van der Waals surface area contributed by atoms with E-state index in [1.165, 1.54) is 4.90 Å². The lowest BCUT2D eigenvalue weighted by molar-refractivity contribution is -0.162. The summed E-state index contributed by atoms with van der Waals surface area (Å²) in [5.41, 5.74) is -0.989. The largest absolute Gasteiger partial charge is 0.466 e. The van der Waals surface area contributed by atoms with Gasteiger partial charge in [0, 0.05) is 6.54 Å². The third-order valence-corrected chi connectivity index (χ3v) is 8.06. The lowest BCUT2D eigenvalue weighted by Gasteiger charge is -2.37. The standard InChI is InChI=1S/C27H38N2O6/c1-5-26-12-13-27(35-26)20(21(26)25(33)34-6-2)24(32)29(19(16-30)14-17(3)4)22(27)23(31)28-15-18-10-8-7-9-11-18/h7-11,17,19-22,30H,5-6,12-16H2,1-4H3,(H,28,31)/t19-,20+,21-,22?,26+,27?/m1/s1. The monoisotopic (exact) mass is 486 g/mol. The van der Waals surface area contributed by atoms with Crippen LogP contribution in [0.25, 0.3) is 0 Å². The molecule has 0 radical (unpaired) electrons. The van der Waals surface area contributed by atoms with Crippen molar-refractivity contribution in [3.05, 3.63) is 35.9 Å². The van der Waals surface area contributed by atoms with Gasteiger partial charge < -0.3 is 24.8 Å². The Kier molecular flexibility index (Phi) is 7.25. The summed E-state index contributed by atoms with van der Waals surface area (Å²) in [6.07, 6.45) is 2.18. The highest BCUT2D eigenvalue weighted by atomic mass is 16.6. The van der Waals surface area contributed by atoms with Crippen LogP contribution < -0.4 is 5.32 Å². The molecule has 3 fully saturated rings. The van der Waals surface area contributed by atoms with E-state index >= 15 is 0 Å². The van der Waals surface area contributed by atoms with Gasteiger partial charge >= 0.3 is 5.97 Å². The second-order valence-corrected chi connectivity index (χ2v) is 10.5. The Balaban J connectivity index is 1.74. The predicted octanol–water partition coefficient (Wildman–Crippen LogP) is 2.43. The van der Waals surface area contributed by atoms with Gasteiger partial charge in [0.25, 0.3) is 0 Å². The highest BCUT2D eigenvalue weighted by Crippen LogP contribution is 2.64. The number of aliphatic hydroxyl groups is 1. The molecule has 0 aromatic heterocycles. The number of ether oxygens (including phenoxy) is 2. The molecule has 8 heteroatoms. The van der Waals surface area contributed by atoms with Gasteiger partial charge in [-0.15, -0.1) is 0 Å². The van der Waals surface area contributed by atoms with E-state index in [0.29, 0.717) is 32.2 Å². The first-order valence-electron chi connectivity index (χ1n) is 12.9. The molecule has 4 rings (SSSR count). The molecule has 192 valence electrons. The van der Waals surface area contributed by atoms with Crippen molar-refractivity contribution in [1.29, 1.82) is 0 Å². The van der Waals surface area contributed by atoms with Crippen LogP contribution in [-0.2, 0) is 30.4 Å². The highest BCUT2D eigenvalue weighted by Gasteiger charge is 2.79. The molecule has 2 bridgehead atoms. The zero-order valence-corrected chi connectivity index (χ0v) is 21.2. The van der Waals surface area contributed by atoms with E-state index in [1.807, 2.05) is 51.1 Å². The van der Waals surface area contributed by atoms with Crippen LogP contribution in [0.5, 0.6) is 0 Å². The maximum atomic E-state index is 14.1. The minimum atomic E-state index is -1.12. The molecule has 0 aliphatic carbocycles. The zero-order valence-electron chi connectivity index (χ0n) is 21.2. The van der Waals surface area contributed by atoms with Crippen molar-refractivity contribution in [3.63, 3.8) is 0 Å². The number of amides is 2. The van der Waals surface area contributed by atoms with E-state index < -0.39 is 41.1 Å². The summed E-state index contributed by atoms with van der Waals surface area (Å²) in [6.45, 7) is 7.98. The minimum Gasteiger partial charge on any atom is -0.466 e. The molecule has 1 aromatic carbocycles. The molecule has 35 heavy (non-hydrogen) atoms. The van der Waals surface area contributed by atoms with Crippen LogP contribution in [0.3, 0.4) is 0 Å². The van der Waals surface area contributed by atoms with Crippen molar-refractivity contribution in [3.8, 4) is 0 Å². The van der Waals surface area contributed by atoms with Gasteiger partial charge in [0.1, 0.15) is 17.6 Å². The van der Waals surface area contributed by atoms with Crippen molar-refractivity contribution in [1.82, 2.24) is 10.2 Å². The van der Waals surface area contributed by atoms with E-state index in [4.69, 9.17) is 9.47 Å². The van der Waals surface area contributed by atoms with Crippen LogP contribution >= 0.6 is 0 Å². The molecule has 3 aliphatic heterocycles. The predicted molar refractivity (Wildman–Crippen MR) is 129 cm³/mol. The Morgan fingerprint density at radius 2 is 1.94 bits per heavy atom. The van der Waals surface area contributed by atoms with Crippen molar-refractivity contribution < 1.29 is 29.0 Å². The maximum Gasteiger partial charge on any atom is 0.312 e. The summed E-state index contributed by atoms with van der Waals surface area (Å²) >= 11 is 0. The molecule has 1 spiro atoms. The van der Waals surface area contributed by atoms with Gasteiger partial charge in [-0.05, 0) is 44.1 Å². The molecule has 2 N–H and O–H groups in total. The van der Waals surface area contributed by atoms with E-state index in [9.17, 15) is 19.5 Å². The molecule has 3 heterocycles. The number of carbonyl (C=O) groups is 3. The Morgan fingerprint density at radius 1 is 1.23 bits per heavy atom. The van der Waals surface area contributed by atoms with E-state index in [-0.39, 0.29) is 30.9 Å². The molecule has 3 saturated heterocycles. The number of nitrogens with zero attached hydrogens (tertiary/aromatic N) is 1. The third-order valence-electron chi connectivity index (χ3n) is 8.06. The van der Waals surface area contributed by atoms with Crippen molar-refractivity contribution >= 4 is 17.8 Å². The number of rotatable bonds is 10. The Labute approximate surface area is 207 Å². The zero-order chi connectivity index (χ0) is 25.4. The molecular weight excluding hydrogens is 448 g/mol. The number of nitrogens with one attached hydrogen (secondary N) is 1. The molecule has 3 aliphatic rings. The van der Waals surface area contributed by atoms with Gasteiger partial charge in [-0.2, -0.15) is 0 Å². The Bertz CT molecular complexity index is 952. The summed E-state index contributed by atoms with van der Waals surface area (Å²) in [4.78, 5) is 42.6. The van der Waals surface area contributed by atoms with Crippen molar-refractivity contribution in [2.75, 3.05) is 13.2 Å². The first-order chi connectivity index (χ1) is 16.7. The van der Waals surface area contributed by atoms with Crippen LogP contribution in [0.4, 0.5) is 0 Å². The topological polar surface area (TPSA) is 105 Å². The summed E-state index contributed by atoms with van der Waals surface area (Å²) < 4.78 is 12.1. The van der Waals surface area contributed by atoms with Crippen LogP contribution in [0, 0.1) is 17.8 Å². The first kappa shape index (κ1) is 25.6. The fraction of sp³-hybridized carbons (Fsp3) is 0.667. The highest BCUT2D eigenvalue weighted by molar-refractivity contribution is 5.98. The van der Waals surface area contributed by atoms with Crippen LogP contribution in [0.2, 0.25) is 0 Å². The molecular formula is C27H38N2O6. The lowest BCUT2D eigenvalue weighted by atomic mass is 9.65. The quantitative estimate of drug-likeness (QED) is 0.492. The van der Waals surface area contributed by atoms with E-state index in [1.54, 1.807) is 6.92 Å². The number of benzene rings is 1. The first-order valence-corrected chi connectivity index (χ1v) is 12.9. The van der Waals surface area contributed by atoms with Gasteiger partial charge in [0.15, 0.2) is 0 Å². The number of aliphatic hydroxyl groups excluding tert-OH is 1. The van der Waals surface area contributed by atoms with Gasteiger partial charge in [-0.25, -0.2) is 0 Å². The average Bonchev–Trinajstić information content (AvgIpc) is 3.45. The van der Waals surface area contributed by atoms with Gasteiger partial charge in [0.2, 0.25) is 11.8 Å². The fourth-order valence-electron chi connectivity index (χ4n) is 6.64. The molecule has 6 atom stereocenters. The molecule has 8 nitrogen and oxygen atoms in total. The Morgan fingerprint density at radius 3 is 2.54 bits per heavy atom. The van der Waals surface area contributed by atoms with E-state index in [0.717, 1.165) is 5.56 Å². The van der Waals surface area contributed by atoms with Crippen LogP contribution in [0.15, 0.2) is 30.3 Å². The van der Waals surface area contributed by atoms with Gasteiger partial charge in [-0.3, -0.25) is 14.4 Å². The smallest absolute Gasteiger partial charge is 0.312 e. The second-order valence-electron chi connectivity index (χ2n) is 10.5. The normalized spacial score (nSPS) is 32.1. The lowest BCUT2D eigenvalue weighted by Crippen LogP contribution is -2.58. The van der Waals surface area contributed by atoms with Crippen LogP contribution in [0.1, 0.15) is 58.9 Å². The summed E-state index contributed by atoms with van der Waals surface area (Å²) in [7, 11) is 0. The van der Waals surface area contributed by atoms with Crippen molar-refractivity contribution in [2.45, 2.75) is 83.2 Å². The van der Waals surface area contributed by atoms with Crippen molar-refractivity contribution in [2.24, 2.45) is 17.8 Å². The number of likely N-dealkylation sites (tertiary alicyclic amines) is 1. The minimum absolute atomic E-state index is 0.200. The molecule has 2 unspecified atom stereocenters. The van der Waals surface area contributed by atoms with Crippen LogP contribution in [-0.4, -0.2) is 64.3 Å². The summed E-state index contributed by atoms with van der Waals surface area (Å²) in [5.74, 6) is -2.42. The molecule has 0 saturated carbocycles. The Hall–Kier alpha value is -2.45.